The van der Waals surface area contributed by atoms with Crippen LogP contribution in [0.3, 0.4) is 0 Å². The second kappa shape index (κ2) is 5.76. The van der Waals surface area contributed by atoms with E-state index in [1.807, 2.05) is 0 Å². The number of halogens is 1. The molecule has 94 valence electrons. The van der Waals surface area contributed by atoms with Gasteiger partial charge in [0, 0.05) is 11.3 Å². The number of H-pyrrole nitrogens is 1. The third-order valence-corrected chi connectivity index (χ3v) is 4.34. The molecule has 18 heavy (non-hydrogen) atoms. The molecule has 0 radical (unpaired) electrons. The molecule has 1 N–H and O–H groups in total. The zero-order valence-electron chi connectivity index (χ0n) is 10.5. The fourth-order valence-electron chi connectivity index (χ4n) is 1.78. The Morgan fingerprint density at radius 1 is 1.17 bits per heavy atom. The van der Waals surface area contributed by atoms with Gasteiger partial charge in [0.1, 0.15) is 10.5 Å². The number of hydrogen-bond donors (Lipinski definition) is 1. The molecular weight excluding hydrogens is 308 g/mol. The van der Waals surface area contributed by atoms with Crippen LogP contribution in [0.25, 0.3) is 11.4 Å². The van der Waals surface area contributed by atoms with Gasteiger partial charge in [-0.15, -0.1) is 0 Å². The summed E-state index contributed by atoms with van der Waals surface area (Å²) < 4.78 is 1.51. The number of aromatic nitrogens is 2. The highest BCUT2D eigenvalue weighted by Gasteiger charge is 2.06. The molecule has 0 spiro atoms. The average molecular weight is 323 g/mol. The van der Waals surface area contributed by atoms with Gasteiger partial charge in [0.25, 0.3) is 0 Å². The lowest BCUT2D eigenvalue weighted by Crippen LogP contribution is -1.97. The van der Waals surface area contributed by atoms with Gasteiger partial charge in [-0.2, -0.15) is 0 Å². The molecule has 4 heteroatoms. The van der Waals surface area contributed by atoms with Crippen molar-refractivity contribution in [2.45, 2.75) is 26.7 Å². The minimum Gasteiger partial charge on any atom is -0.342 e. The number of benzene rings is 1. The average Bonchev–Trinajstić information content (AvgIpc) is 2.42. The van der Waals surface area contributed by atoms with Crippen LogP contribution in [0.1, 0.15) is 25.1 Å². The van der Waals surface area contributed by atoms with Gasteiger partial charge in [-0.25, -0.2) is 4.98 Å². The maximum absolute atomic E-state index is 5.27. The zero-order valence-corrected chi connectivity index (χ0v) is 12.9. The topological polar surface area (TPSA) is 28.7 Å². The maximum Gasteiger partial charge on any atom is 0.144 e. The Balaban J connectivity index is 2.50. The molecule has 2 rings (SSSR count). The molecule has 1 aromatic heterocycles. The molecule has 0 aliphatic carbocycles. The van der Waals surface area contributed by atoms with Crippen LogP contribution in [0.2, 0.25) is 0 Å². The predicted molar refractivity (Wildman–Crippen MR) is 81.3 cm³/mol. The molecule has 0 saturated carbocycles. The van der Waals surface area contributed by atoms with Crippen molar-refractivity contribution in [1.29, 1.82) is 0 Å². The summed E-state index contributed by atoms with van der Waals surface area (Å²) in [5.41, 5.74) is 3.48. The van der Waals surface area contributed by atoms with E-state index in [9.17, 15) is 0 Å². The molecule has 1 heterocycles. The number of nitrogens with one attached hydrogen (secondary N) is 1. The molecule has 0 bridgehead atoms. The largest absolute Gasteiger partial charge is 0.342 e. The van der Waals surface area contributed by atoms with Gasteiger partial charge in [-0.1, -0.05) is 50.3 Å². The van der Waals surface area contributed by atoms with Gasteiger partial charge >= 0.3 is 0 Å². The van der Waals surface area contributed by atoms with E-state index in [4.69, 9.17) is 12.2 Å². The van der Waals surface area contributed by atoms with E-state index in [1.54, 1.807) is 0 Å². The van der Waals surface area contributed by atoms with Crippen LogP contribution in [0, 0.1) is 4.64 Å². The highest BCUT2D eigenvalue weighted by Crippen LogP contribution is 2.22. The number of rotatable bonds is 3. The maximum atomic E-state index is 5.27. The molecule has 1 aromatic carbocycles. The van der Waals surface area contributed by atoms with E-state index in [0.29, 0.717) is 4.64 Å². The fraction of sp³-hybridized carbons (Fsp3) is 0.286. The minimum atomic E-state index is 0.611. The van der Waals surface area contributed by atoms with E-state index in [-0.39, 0.29) is 0 Å². The van der Waals surface area contributed by atoms with Gasteiger partial charge in [0.2, 0.25) is 0 Å². The van der Waals surface area contributed by atoms with Crippen molar-refractivity contribution in [3.05, 3.63) is 44.6 Å². The predicted octanol–water partition coefficient (Wildman–Crippen LogP) is 4.69. The van der Waals surface area contributed by atoms with Crippen LogP contribution < -0.4 is 0 Å². The normalized spacial score (nSPS) is 10.6. The van der Waals surface area contributed by atoms with Crippen molar-refractivity contribution in [3.8, 4) is 11.4 Å². The van der Waals surface area contributed by atoms with E-state index < -0.39 is 0 Å². The summed E-state index contributed by atoms with van der Waals surface area (Å²) in [6, 6.07) is 8.42. The van der Waals surface area contributed by atoms with Crippen LogP contribution in [0.4, 0.5) is 0 Å². The lowest BCUT2D eigenvalue weighted by molar-refractivity contribution is 0.983. The van der Waals surface area contributed by atoms with E-state index in [2.05, 4.69) is 64.0 Å². The van der Waals surface area contributed by atoms with Crippen LogP contribution >= 0.6 is 28.1 Å². The van der Waals surface area contributed by atoms with Crippen molar-refractivity contribution in [3.63, 3.8) is 0 Å². The number of nitrogens with zero attached hydrogens (tertiary/aromatic N) is 1. The first kappa shape index (κ1) is 13.4. The summed E-state index contributed by atoms with van der Waals surface area (Å²) in [5, 5.41) is 0. The van der Waals surface area contributed by atoms with Crippen molar-refractivity contribution in [1.82, 2.24) is 9.97 Å². The van der Waals surface area contributed by atoms with Crippen molar-refractivity contribution in [2.24, 2.45) is 0 Å². The van der Waals surface area contributed by atoms with E-state index in [1.165, 1.54) is 5.56 Å². The molecule has 2 aromatic rings. The summed E-state index contributed by atoms with van der Waals surface area (Å²) in [7, 11) is 0. The summed E-state index contributed by atoms with van der Waals surface area (Å²) in [4.78, 5) is 7.75. The third-order valence-electron chi connectivity index (χ3n) is 2.92. The number of aromatic amines is 1. The lowest BCUT2D eigenvalue weighted by Gasteiger charge is -2.07. The van der Waals surface area contributed by atoms with Crippen LogP contribution in [0.15, 0.2) is 28.7 Å². The quantitative estimate of drug-likeness (QED) is 0.830. The SMILES string of the molecule is CCc1ccc(-c2nc(=S)c(Br)c(CC)[nH]2)cc1. The van der Waals surface area contributed by atoms with Crippen molar-refractivity contribution < 1.29 is 0 Å². The summed E-state index contributed by atoms with van der Waals surface area (Å²) >= 11 is 8.74. The summed E-state index contributed by atoms with van der Waals surface area (Å²) in [6.07, 6.45) is 1.94. The molecule has 0 amide bonds. The van der Waals surface area contributed by atoms with Gasteiger partial charge in [0.15, 0.2) is 0 Å². The highest BCUT2D eigenvalue weighted by atomic mass is 79.9. The van der Waals surface area contributed by atoms with Gasteiger partial charge < -0.3 is 4.98 Å². The number of aryl methyl sites for hydroxylation is 2. The van der Waals surface area contributed by atoms with Crippen LogP contribution in [0.5, 0.6) is 0 Å². The first-order valence-electron chi connectivity index (χ1n) is 6.03. The van der Waals surface area contributed by atoms with Gasteiger partial charge in [-0.3, -0.25) is 0 Å². The Bertz CT molecular complexity index is 602. The first-order chi connectivity index (χ1) is 8.65. The molecule has 0 atom stereocenters. The first-order valence-corrected chi connectivity index (χ1v) is 7.23. The van der Waals surface area contributed by atoms with Crippen LogP contribution in [-0.4, -0.2) is 9.97 Å². The summed E-state index contributed by atoms with van der Waals surface area (Å²) in [5.74, 6) is 0.836. The monoisotopic (exact) mass is 322 g/mol. The number of hydrogen-bond acceptors (Lipinski definition) is 2. The van der Waals surface area contributed by atoms with Gasteiger partial charge in [-0.05, 0) is 34.3 Å². The van der Waals surface area contributed by atoms with Gasteiger partial charge in [0.05, 0.1) is 4.47 Å². The molecule has 0 saturated heterocycles. The van der Waals surface area contributed by atoms with Crippen molar-refractivity contribution >= 4 is 28.1 Å². The van der Waals surface area contributed by atoms with E-state index in [0.717, 1.165) is 34.4 Å². The fourth-order valence-corrected chi connectivity index (χ4v) is 2.47. The van der Waals surface area contributed by atoms with E-state index >= 15 is 0 Å². The molecule has 0 aliphatic heterocycles. The molecule has 0 aliphatic rings. The second-order valence-corrected chi connectivity index (χ2v) is 5.27. The summed E-state index contributed by atoms with van der Waals surface area (Å²) in [6.45, 7) is 4.24. The van der Waals surface area contributed by atoms with Crippen LogP contribution in [-0.2, 0) is 12.8 Å². The van der Waals surface area contributed by atoms with Crippen molar-refractivity contribution in [2.75, 3.05) is 0 Å². The molecule has 2 nitrogen and oxygen atoms in total. The Morgan fingerprint density at radius 3 is 2.39 bits per heavy atom. The Morgan fingerprint density at radius 2 is 1.83 bits per heavy atom. The molecular formula is C14H15BrN2S. The Kier molecular flexibility index (Phi) is 4.30. The Hall–Kier alpha value is -1.00. The standard InChI is InChI=1S/C14H15BrN2S/c1-3-9-5-7-10(8-6-9)13-16-11(4-2)12(15)14(18)17-13/h5-8H,3-4H2,1-2H3,(H,16,17,18). The lowest BCUT2D eigenvalue weighted by atomic mass is 10.1. The Labute approximate surface area is 121 Å². The highest BCUT2D eigenvalue weighted by molar-refractivity contribution is 9.10. The second-order valence-electron chi connectivity index (χ2n) is 4.09. The zero-order chi connectivity index (χ0) is 13.1. The molecule has 0 unspecified atom stereocenters. The molecule has 0 fully saturated rings. The minimum absolute atomic E-state index is 0.611. The smallest absolute Gasteiger partial charge is 0.144 e. The third kappa shape index (κ3) is 2.70.